The topological polar surface area (TPSA) is 305 Å². The van der Waals surface area contributed by atoms with E-state index in [1.807, 2.05) is 0 Å². The average Bonchev–Trinajstić information content (AvgIpc) is 3.09. The number of hydrogen-bond donors (Lipinski definition) is 11. The molecule has 17 nitrogen and oxygen atoms in total. The Morgan fingerprint density at radius 3 is 2.37 bits per heavy atom. The van der Waals surface area contributed by atoms with E-state index in [1.165, 1.54) is 12.3 Å². The number of nitrogens with two attached hydrogens (primary N) is 2. The van der Waals surface area contributed by atoms with Crippen LogP contribution >= 0.6 is 0 Å². The quantitative estimate of drug-likeness (QED) is 0.169. The highest BCUT2D eigenvalue weighted by molar-refractivity contribution is 5.75. The van der Waals surface area contributed by atoms with Crippen molar-refractivity contribution in [2.45, 2.75) is 67.2 Å². The molecule has 2 aliphatic rings. The summed E-state index contributed by atoms with van der Waals surface area (Å²) in [4.78, 5) is 25.8. The lowest BCUT2D eigenvalue weighted by Gasteiger charge is -2.43. The minimum Gasteiger partial charge on any atom is -0.477 e. The average molecular weight is 510 g/mol. The Kier molecular flexibility index (Phi) is 9.62. The molecule has 17 heteroatoms. The number of nitrogen functional groups attached to an aromatic ring is 1. The minimum atomic E-state index is -2.70. The summed E-state index contributed by atoms with van der Waals surface area (Å²) in [6.45, 7) is -1.26. The highest BCUT2D eigenvalue weighted by Crippen LogP contribution is 2.29. The van der Waals surface area contributed by atoms with Crippen molar-refractivity contribution in [3.63, 3.8) is 0 Å². The first-order valence-corrected chi connectivity index (χ1v) is 10.3. The fraction of sp³-hybridized carbons (Fsp3) is 0.722. The van der Waals surface area contributed by atoms with Gasteiger partial charge in [-0.05, 0) is 6.07 Å². The lowest BCUT2D eigenvalue weighted by Crippen LogP contribution is -2.65. The van der Waals surface area contributed by atoms with Gasteiger partial charge in [0.1, 0.15) is 42.4 Å². The number of aliphatic carboxylic acids is 1. The van der Waals surface area contributed by atoms with Gasteiger partial charge in [0.25, 0.3) is 5.79 Å². The van der Waals surface area contributed by atoms with Crippen molar-refractivity contribution in [3.05, 3.63) is 22.7 Å². The predicted octanol–water partition coefficient (Wildman–Crippen LogP) is -6.61. The number of hydrogen-bond acceptors (Lipinski definition) is 15. The largest absolute Gasteiger partial charge is 0.477 e. The van der Waals surface area contributed by atoms with Crippen LogP contribution in [0.1, 0.15) is 12.6 Å². The van der Waals surface area contributed by atoms with Gasteiger partial charge >= 0.3 is 11.7 Å². The van der Waals surface area contributed by atoms with Crippen molar-refractivity contribution in [3.8, 4) is 0 Å². The summed E-state index contributed by atoms with van der Waals surface area (Å²) < 4.78 is 10.9. The fourth-order valence-electron chi connectivity index (χ4n) is 3.48. The lowest BCUT2D eigenvalue weighted by molar-refractivity contribution is -0.292. The predicted molar refractivity (Wildman–Crippen MR) is 111 cm³/mol. The summed E-state index contributed by atoms with van der Waals surface area (Å²) >= 11 is 0. The molecule has 200 valence electrons. The Labute approximate surface area is 197 Å². The van der Waals surface area contributed by atoms with Crippen LogP contribution in [0.2, 0.25) is 0 Å². The van der Waals surface area contributed by atoms with Gasteiger partial charge < -0.3 is 66.9 Å². The molecule has 2 saturated heterocycles. The number of rotatable bonds is 6. The van der Waals surface area contributed by atoms with E-state index < -0.39 is 92.1 Å². The zero-order chi connectivity index (χ0) is 26.7. The van der Waals surface area contributed by atoms with Crippen molar-refractivity contribution < 1.29 is 60.2 Å². The summed E-state index contributed by atoms with van der Waals surface area (Å²) in [5.74, 6) is -4.39. The number of anilines is 1. The maximum atomic E-state index is 11.5. The minimum absolute atomic E-state index is 0.0537. The number of nitrogens with zero attached hydrogens (tertiary/aromatic N) is 2. The van der Waals surface area contributed by atoms with Crippen molar-refractivity contribution in [1.82, 2.24) is 9.55 Å². The number of aromatic nitrogens is 2. The van der Waals surface area contributed by atoms with Crippen molar-refractivity contribution in [2.24, 2.45) is 5.73 Å². The molecule has 3 heterocycles. The summed E-state index contributed by atoms with van der Waals surface area (Å²) in [5.41, 5.74) is 10.1. The first-order chi connectivity index (χ1) is 16.3. The molecule has 0 aromatic carbocycles. The molecule has 10 atom stereocenters. The molecule has 3 rings (SSSR count). The van der Waals surface area contributed by atoms with Crippen molar-refractivity contribution in [2.75, 3.05) is 18.9 Å². The molecule has 13 N–H and O–H groups in total. The molecule has 0 saturated carbocycles. The van der Waals surface area contributed by atoms with Crippen molar-refractivity contribution >= 4 is 11.8 Å². The Morgan fingerprint density at radius 2 is 1.89 bits per heavy atom. The maximum Gasteiger partial charge on any atom is 0.364 e. The second kappa shape index (κ2) is 11.6. The van der Waals surface area contributed by atoms with E-state index in [-0.39, 0.29) is 5.82 Å². The van der Waals surface area contributed by atoms with Gasteiger partial charge in [0, 0.05) is 12.6 Å². The van der Waals surface area contributed by atoms with Crippen molar-refractivity contribution in [1.29, 1.82) is 0 Å². The molecular formula is C18H30N4O13. The summed E-state index contributed by atoms with van der Waals surface area (Å²) in [5, 5.41) is 83.6. The zero-order valence-corrected chi connectivity index (χ0v) is 18.2. The Balaban J connectivity index is 0.000000247. The molecule has 1 aromatic rings. The number of aliphatic hydroxyl groups excluding tert-OH is 7. The van der Waals surface area contributed by atoms with Gasteiger partial charge in [-0.1, -0.05) is 0 Å². The van der Waals surface area contributed by atoms with Crippen LogP contribution in [0, 0.1) is 0 Å². The van der Waals surface area contributed by atoms with E-state index in [1.54, 1.807) is 0 Å². The van der Waals surface area contributed by atoms with Gasteiger partial charge in [0.2, 0.25) is 0 Å². The third-order valence-electron chi connectivity index (χ3n) is 5.54. The van der Waals surface area contributed by atoms with Crippen LogP contribution in [-0.2, 0) is 14.3 Å². The normalized spacial score (nSPS) is 36.7. The van der Waals surface area contributed by atoms with Crippen LogP contribution in [0.15, 0.2) is 17.1 Å². The first kappa shape index (κ1) is 28.9. The molecule has 2 aliphatic heterocycles. The molecule has 0 bridgehead atoms. The smallest absolute Gasteiger partial charge is 0.364 e. The van der Waals surface area contributed by atoms with Gasteiger partial charge in [-0.25, -0.2) is 9.59 Å². The number of carboxylic acid groups (broad SMARTS) is 1. The summed E-state index contributed by atoms with van der Waals surface area (Å²) in [7, 11) is 0. The number of carboxylic acids is 1. The Hall–Kier alpha value is -2.29. The third-order valence-corrected chi connectivity index (χ3v) is 5.54. The second-order valence-electron chi connectivity index (χ2n) is 8.03. The van der Waals surface area contributed by atoms with Gasteiger partial charge in [0.05, 0.1) is 25.4 Å². The number of carbonyl (C=O) groups is 1. The van der Waals surface area contributed by atoms with Gasteiger partial charge in [-0.2, -0.15) is 4.98 Å². The maximum absolute atomic E-state index is 11.5. The van der Waals surface area contributed by atoms with Crippen LogP contribution in [0.5, 0.6) is 0 Å². The Morgan fingerprint density at radius 1 is 1.26 bits per heavy atom. The number of aliphatic hydroxyl groups is 8. The van der Waals surface area contributed by atoms with Gasteiger partial charge in [-0.15, -0.1) is 0 Å². The van der Waals surface area contributed by atoms with Crippen LogP contribution < -0.4 is 17.2 Å². The second-order valence-corrected chi connectivity index (χ2v) is 8.03. The van der Waals surface area contributed by atoms with E-state index in [0.717, 1.165) is 4.57 Å². The molecule has 0 aliphatic carbocycles. The molecule has 0 spiro atoms. The zero-order valence-electron chi connectivity index (χ0n) is 18.2. The first-order valence-electron chi connectivity index (χ1n) is 10.3. The van der Waals surface area contributed by atoms with Crippen LogP contribution in [-0.4, -0.2) is 129 Å². The highest BCUT2D eigenvalue weighted by Gasteiger charge is 2.52. The van der Waals surface area contributed by atoms with E-state index in [9.17, 15) is 40.2 Å². The Bertz CT molecular complexity index is 919. The van der Waals surface area contributed by atoms with E-state index in [0.29, 0.717) is 0 Å². The van der Waals surface area contributed by atoms with E-state index >= 15 is 0 Å². The van der Waals surface area contributed by atoms with Gasteiger partial charge in [0.15, 0.2) is 6.23 Å². The standard InChI is InChI=1S/C9H13N3O5.C9H17NO8/c10-5-1-2-12(9(16)11-5)8-7(15)6(14)4(3-13)17-8;10-5-3(12)1-9(17,8(15)16)18-7(5)6(14)4(13)2-11/h1-2,4,6-8,13-15H,3H2,(H2,10,11,16);3-7,11-14,17H,1-2,10H2,(H,15,16)/t4-,6-,7-,8-;3-,4?,5+,6?,7+,9?/m10/s1. The molecule has 3 unspecified atom stereocenters. The van der Waals surface area contributed by atoms with Crippen LogP contribution in [0.4, 0.5) is 5.82 Å². The molecule has 2 fully saturated rings. The molecule has 0 amide bonds. The molecule has 35 heavy (non-hydrogen) atoms. The highest BCUT2D eigenvalue weighted by atomic mass is 16.7. The van der Waals surface area contributed by atoms with E-state index in [4.69, 9.17) is 36.3 Å². The molecule has 0 radical (unpaired) electrons. The van der Waals surface area contributed by atoms with Crippen LogP contribution in [0.3, 0.4) is 0 Å². The SMILES string of the molecule is N[C@@H]1[C@@H](O)CC(O)(C(=O)O)O[C@H]1C(O)C(O)CO.Nc1ccn([C@@H]2O[C@H](CO)[C@@H](O)[C@H]2O)c(=O)n1. The van der Waals surface area contributed by atoms with E-state index in [2.05, 4.69) is 4.98 Å². The number of ether oxygens (including phenoxy) is 2. The third kappa shape index (κ3) is 6.29. The monoisotopic (exact) mass is 510 g/mol. The molecular weight excluding hydrogens is 480 g/mol. The fourth-order valence-corrected chi connectivity index (χ4v) is 3.48. The lowest BCUT2D eigenvalue weighted by atomic mass is 9.89. The summed E-state index contributed by atoms with van der Waals surface area (Å²) in [6, 6.07) is 0.164. The summed E-state index contributed by atoms with van der Waals surface area (Å²) in [6.07, 6.45) is -10.3. The van der Waals surface area contributed by atoms with Gasteiger partial charge in [-0.3, -0.25) is 4.57 Å². The van der Waals surface area contributed by atoms with Crippen LogP contribution in [0.25, 0.3) is 0 Å². The molecule has 1 aromatic heterocycles.